The van der Waals surface area contributed by atoms with Crippen molar-refractivity contribution in [2.24, 2.45) is 5.41 Å². The highest BCUT2D eigenvalue weighted by Gasteiger charge is 2.43. The fourth-order valence-corrected chi connectivity index (χ4v) is 1.64. The maximum absolute atomic E-state index is 11.4. The molecule has 0 saturated heterocycles. The van der Waals surface area contributed by atoms with E-state index < -0.39 is 0 Å². The van der Waals surface area contributed by atoms with Crippen LogP contribution in [0.2, 0.25) is 0 Å². The SMILES string of the molecule is COCC1(C(=O)CC#N)CCC1. The normalized spacial score (nSPS) is 19.3. The first-order valence-electron chi connectivity index (χ1n) is 4.14. The number of nitriles is 1. The van der Waals surface area contributed by atoms with Crippen molar-refractivity contribution in [1.82, 2.24) is 0 Å². The van der Waals surface area contributed by atoms with Gasteiger partial charge in [0.15, 0.2) is 5.78 Å². The summed E-state index contributed by atoms with van der Waals surface area (Å²) in [5, 5.41) is 8.38. The number of methoxy groups -OCH3 is 1. The fraction of sp³-hybridized carbons (Fsp3) is 0.778. The zero-order valence-corrected chi connectivity index (χ0v) is 7.30. The van der Waals surface area contributed by atoms with Gasteiger partial charge in [0.05, 0.1) is 24.5 Å². The van der Waals surface area contributed by atoms with Gasteiger partial charge in [-0.3, -0.25) is 4.79 Å². The van der Waals surface area contributed by atoms with Crippen molar-refractivity contribution >= 4 is 5.78 Å². The molecule has 0 aromatic rings. The molecule has 0 radical (unpaired) electrons. The van der Waals surface area contributed by atoms with Crippen LogP contribution in [0.5, 0.6) is 0 Å². The molecule has 3 heteroatoms. The lowest BCUT2D eigenvalue weighted by Crippen LogP contribution is -2.41. The first-order valence-corrected chi connectivity index (χ1v) is 4.14. The smallest absolute Gasteiger partial charge is 0.155 e. The van der Waals surface area contributed by atoms with E-state index in [2.05, 4.69) is 0 Å². The molecule has 0 heterocycles. The van der Waals surface area contributed by atoms with Crippen molar-refractivity contribution in [2.45, 2.75) is 25.7 Å². The van der Waals surface area contributed by atoms with Crippen molar-refractivity contribution in [3.05, 3.63) is 0 Å². The molecule has 1 fully saturated rings. The number of ketones is 1. The second kappa shape index (κ2) is 3.68. The van der Waals surface area contributed by atoms with Crippen molar-refractivity contribution < 1.29 is 9.53 Å². The molecule has 0 amide bonds. The van der Waals surface area contributed by atoms with Gasteiger partial charge in [0.25, 0.3) is 0 Å². The van der Waals surface area contributed by atoms with E-state index in [-0.39, 0.29) is 17.6 Å². The molecule has 0 bridgehead atoms. The third-order valence-electron chi connectivity index (χ3n) is 2.56. The van der Waals surface area contributed by atoms with Crippen LogP contribution in [0, 0.1) is 16.7 Å². The van der Waals surface area contributed by atoms with Gasteiger partial charge < -0.3 is 4.74 Å². The number of hydrogen-bond acceptors (Lipinski definition) is 3. The molecule has 1 aliphatic carbocycles. The van der Waals surface area contributed by atoms with E-state index in [9.17, 15) is 4.79 Å². The maximum atomic E-state index is 11.4. The molecule has 0 unspecified atom stereocenters. The van der Waals surface area contributed by atoms with E-state index in [1.807, 2.05) is 6.07 Å². The summed E-state index contributed by atoms with van der Waals surface area (Å²) in [6.07, 6.45) is 2.90. The molecule has 0 aromatic heterocycles. The number of carbonyl (C=O) groups is 1. The van der Waals surface area contributed by atoms with E-state index in [0.29, 0.717) is 6.61 Å². The van der Waals surface area contributed by atoms with Crippen LogP contribution in [0.25, 0.3) is 0 Å². The summed E-state index contributed by atoms with van der Waals surface area (Å²) >= 11 is 0. The number of hydrogen-bond donors (Lipinski definition) is 0. The Morgan fingerprint density at radius 1 is 1.67 bits per heavy atom. The van der Waals surface area contributed by atoms with Crippen LogP contribution in [-0.2, 0) is 9.53 Å². The van der Waals surface area contributed by atoms with Crippen molar-refractivity contribution in [2.75, 3.05) is 13.7 Å². The van der Waals surface area contributed by atoms with E-state index in [4.69, 9.17) is 10.00 Å². The minimum atomic E-state index is -0.301. The molecule has 3 nitrogen and oxygen atoms in total. The van der Waals surface area contributed by atoms with Gasteiger partial charge in [-0.2, -0.15) is 5.26 Å². The number of Topliss-reactive ketones (excluding diaryl/α,β-unsaturated/α-hetero) is 1. The Morgan fingerprint density at radius 2 is 2.33 bits per heavy atom. The van der Waals surface area contributed by atoms with Crippen LogP contribution in [0.4, 0.5) is 0 Å². The second-order valence-corrected chi connectivity index (χ2v) is 3.32. The quantitative estimate of drug-likeness (QED) is 0.633. The molecule has 12 heavy (non-hydrogen) atoms. The van der Waals surface area contributed by atoms with Gasteiger partial charge in [-0.1, -0.05) is 6.42 Å². The first-order chi connectivity index (χ1) is 5.75. The molecule has 0 aliphatic heterocycles. The van der Waals surface area contributed by atoms with Gasteiger partial charge in [-0.15, -0.1) is 0 Å². The Labute approximate surface area is 72.3 Å². The van der Waals surface area contributed by atoms with E-state index >= 15 is 0 Å². The van der Waals surface area contributed by atoms with Gasteiger partial charge in [0.1, 0.15) is 0 Å². The first kappa shape index (κ1) is 9.21. The van der Waals surface area contributed by atoms with E-state index in [1.165, 1.54) is 0 Å². The number of nitrogens with zero attached hydrogens (tertiary/aromatic N) is 1. The topological polar surface area (TPSA) is 50.1 Å². The maximum Gasteiger partial charge on any atom is 0.155 e. The van der Waals surface area contributed by atoms with Crippen molar-refractivity contribution in [1.29, 1.82) is 5.26 Å². The lowest BCUT2D eigenvalue weighted by atomic mass is 9.66. The lowest BCUT2D eigenvalue weighted by Gasteiger charge is -2.39. The minimum Gasteiger partial charge on any atom is -0.384 e. The Bertz CT molecular complexity index is 213. The molecule has 1 saturated carbocycles. The lowest BCUT2D eigenvalue weighted by molar-refractivity contribution is -0.136. The Balaban J connectivity index is 2.55. The van der Waals surface area contributed by atoms with Crippen molar-refractivity contribution in [3.63, 3.8) is 0 Å². The Hall–Kier alpha value is -0.880. The molecule has 1 rings (SSSR count). The van der Waals surface area contributed by atoms with Crippen LogP contribution in [0.1, 0.15) is 25.7 Å². The molecule has 66 valence electrons. The van der Waals surface area contributed by atoms with Crippen molar-refractivity contribution in [3.8, 4) is 6.07 Å². The monoisotopic (exact) mass is 167 g/mol. The van der Waals surface area contributed by atoms with Gasteiger partial charge in [0.2, 0.25) is 0 Å². The van der Waals surface area contributed by atoms with Crippen LogP contribution in [0.3, 0.4) is 0 Å². The summed E-state index contributed by atoms with van der Waals surface area (Å²) in [4.78, 5) is 11.4. The van der Waals surface area contributed by atoms with E-state index in [1.54, 1.807) is 7.11 Å². The summed E-state index contributed by atoms with van der Waals surface area (Å²) in [5.74, 6) is 0.0538. The Morgan fingerprint density at radius 3 is 2.67 bits per heavy atom. The summed E-state index contributed by atoms with van der Waals surface area (Å²) in [7, 11) is 1.60. The summed E-state index contributed by atoms with van der Waals surface area (Å²) < 4.78 is 4.99. The average molecular weight is 167 g/mol. The second-order valence-electron chi connectivity index (χ2n) is 3.32. The standard InChI is InChI=1S/C9H13NO2/c1-12-7-9(4-2-5-9)8(11)3-6-10/h2-5,7H2,1H3. The molecule has 0 atom stereocenters. The molecule has 0 aromatic carbocycles. The third kappa shape index (κ3) is 1.49. The number of ether oxygens (including phenoxy) is 1. The van der Waals surface area contributed by atoms with Gasteiger partial charge in [-0.05, 0) is 12.8 Å². The van der Waals surface area contributed by atoms with Crippen LogP contribution in [-0.4, -0.2) is 19.5 Å². The summed E-state index contributed by atoms with van der Waals surface area (Å²) in [6.45, 7) is 0.480. The molecular weight excluding hydrogens is 154 g/mol. The summed E-state index contributed by atoms with van der Waals surface area (Å²) in [6, 6.07) is 1.89. The molecular formula is C9H13NO2. The Kier molecular flexibility index (Phi) is 2.83. The van der Waals surface area contributed by atoms with Gasteiger partial charge in [0, 0.05) is 7.11 Å². The predicted molar refractivity (Wildman–Crippen MR) is 43.4 cm³/mol. The van der Waals surface area contributed by atoms with Crippen LogP contribution in [0.15, 0.2) is 0 Å². The van der Waals surface area contributed by atoms with Crippen LogP contribution < -0.4 is 0 Å². The van der Waals surface area contributed by atoms with Crippen LogP contribution >= 0.6 is 0 Å². The third-order valence-corrected chi connectivity index (χ3v) is 2.56. The summed E-state index contributed by atoms with van der Waals surface area (Å²) in [5.41, 5.74) is -0.301. The van der Waals surface area contributed by atoms with E-state index in [0.717, 1.165) is 19.3 Å². The van der Waals surface area contributed by atoms with Gasteiger partial charge >= 0.3 is 0 Å². The minimum absolute atomic E-state index is 0.0311. The largest absolute Gasteiger partial charge is 0.384 e. The molecule has 1 aliphatic rings. The number of carbonyl (C=O) groups excluding carboxylic acids is 1. The zero-order valence-electron chi connectivity index (χ0n) is 7.30. The zero-order chi connectivity index (χ0) is 9.03. The average Bonchev–Trinajstić information content (AvgIpc) is 1.97. The number of rotatable bonds is 4. The molecule has 0 spiro atoms. The molecule has 0 N–H and O–H groups in total. The van der Waals surface area contributed by atoms with Gasteiger partial charge in [-0.25, -0.2) is 0 Å². The highest BCUT2D eigenvalue weighted by molar-refractivity contribution is 5.87. The highest BCUT2D eigenvalue weighted by atomic mass is 16.5. The highest BCUT2D eigenvalue weighted by Crippen LogP contribution is 2.42. The fourth-order valence-electron chi connectivity index (χ4n) is 1.64. The predicted octanol–water partition coefficient (Wildman–Crippen LogP) is 1.29.